The molecule has 2 amide bonds. The van der Waals surface area contributed by atoms with Gasteiger partial charge in [-0.15, -0.1) is 0 Å². The molecule has 2 atom stereocenters. The van der Waals surface area contributed by atoms with Crippen LogP contribution >= 0.6 is 0 Å². The van der Waals surface area contributed by atoms with Crippen LogP contribution in [0.1, 0.15) is 55.9 Å². The van der Waals surface area contributed by atoms with Gasteiger partial charge in [0.05, 0.1) is 17.7 Å². The van der Waals surface area contributed by atoms with E-state index in [4.69, 9.17) is 0 Å². The van der Waals surface area contributed by atoms with E-state index < -0.39 is 41.1 Å². The second-order valence-electron chi connectivity index (χ2n) is 9.65. The molecule has 0 heterocycles. The first-order valence-corrected chi connectivity index (χ1v) is 12.0. The summed E-state index contributed by atoms with van der Waals surface area (Å²) in [5.41, 5.74) is 0.812. The summed E-state index contributed by atoms with van der Waals surface area (Å²) in [5, 5.41) is 19.1. The zero-order valence-electron chi connectivity index (χ0n) is 21.4. The van der Waals surface area contributed by atoms with E-state index in [0.29, 0.717) is 19.4 Å². The number of nitrogens with one attached hydrogen (secondary N) is 3. The average Bonchev–Trinajstić information content (AvgIpc) is 2.79. The second-order valence-corrected chi connectivity index (χ2v) is 9.65. The van der Waals surface area contributed by atoms with Gasteiger partial charge in [-0.05, 0) is 63.4 Å². The maximum absolute atomic E-state index is 13.1. The lowest BCUT2D eigenvalue weighted by Crippen LogP contribution is -2.55. The van der Waals surface area contributed by atoms with Gasteiger partial charge in [-0.2, -0.15) is 13.2 Å². The predicted molar refractivity (Wildman–Crippen MR) is 134 cm³/mol. The Morgan fingerprint density at radius 2 is 1.72 bits per heavy atom. The number of hydrogen-bond acceptors (Lipinski definition) is 4. The van der Waals surface area contributed by atoms with Crippen LogP contribution in [-0.4, -0.2) is 35.6 Å². The summed E-state index contributed by atoms with van der Waals surface area (Å²) >= 11 is 0. The molecule has 9 heteroatoms. The van der Waals surface area contributed by atoms with E-state index in [0.717, 1.165) is 28.8 Å². The van der Waals surface area contributed by atoms with Gasteiger partial charge < -0.3 is 21.1 Å². The number of aliphatic hydroxyl groups is 1. The largest absolute Gasteiger partial charge is 0.416 e. The number of aryl methyl sites for hydroxylation is 2. The van der Waals surface area contributed by atoms with Gasteiger partial charge >= 0.3 is 6.18 Å². The van der Waals surface area contributed by atoms with E-state index in [1.165, 1.54) is 26.0 Å². The molecular formula is C27H36F3N3O3. The molecule has 0 aromatic heterocycles. The summed E-state index contributed by atoms with van der Waals surface area (Å²) in [6, 6.07) is 9.68. The van der Waals surface area contributed by atoms with E-state index in [1.807, 2.05) is 32.9 Å². The number of carbonyl (C=O) groups excluding carboxylic acids is 2. The second kappa shape index (κ2) is 12.4. The van der Waals surface area contributed by atoms with Gasteiger partial charge in [0.25, 0.3) is 0 Å². The summed E-state index contributed by atoms with van der Waals surface area (Å²) < 4.78 is 39.0. The normalized spacial score (nSPS) is 13.7. The number of carbonyl (C=O) groups is 2. The molecule has 0 spiro atoms. The topological polar surface area (TPSA) is 90.5 Å². The summed E-state index contributed by atoms with van der Waals surface area (Å²) in [4.78, 5) is 25.9. The van der Waals surface area contributed by atoms with E-state index in [2.05, 4.69) is 22.0 Å². The van der Waals surface area contributed by atoms with Crippen molar-refractivity contribution in [3.63, 3.8) is 0 Å². The molecule has 4 N–H and O–H groups in total. The Morgan fingerprint density at radius 3 is 2.33 bits per heavy atom. The van der Waals surface area contributed by atoms with E-state index >= 15 is 0 Å². The highest BCUT2D eigenvalue weighted by molar-refractivity contribution is 6.10. The fraction of sp³-hybridized carbons (Fsp3) is 0.481. The molecule has 0 radical (unpaired) electrons. The van der Waals surface area contributed by atoms with E-state index in [9.17, 15) is 27.9 Å². The van der Waals surface area contributed by atoms with Crippen LogP contribution in [0, 0.1) is 19.3 Å². The van der Waals surface area contributed by atoms with Crippen molar-refractivity contribution < 1.29 is 27.9 Å². The van der Waals surface area contributed by atoms with Crippen LogP contribution in [0.15, 0.2) is 42.5 Å². The molecule has 0 fully saturated rings. The van der Waals surface area contributed by atoms with Gasteiger partial charge in [-0.25, -0.2) is 0 Å². The number of alkyl halides is 3. The molecule has 0 aliphatic carbocycles. The number of halogens is 3. The Labute approximate surface area is 210 Å². The third-order valence-corrected chi connectivity index (χ3v) is 6.13. The van der Waals surface area contributed by atoms with Crippen LogP contribution in [0.3, 0.4) is 0 Å². The first kappa shape index (κ1) is 29.3. The third-order valence-electron chi connectivity index (χ3n) is 6.13. The minimum atomic E-state index is -4.56. The first-order chi connectivity index (χ1) is 16.8. The Bertz CT molecular complexity index is 1050. The van der Waals surface area contributed by atoms with E-state index in [1.54, 1.807) is 0 Å². The minimum absolute atomic E-state index is 0.0617. The standard InChI is InChI=1S/C27H36F3N3O3/c1-6-8-23(34)22(16-31-15-19-12-11-17(2)13-18(19)3)33-25(36)26(4,5)24(35)32-21-10-7-9-20(14-21)27(28,29)30/h7,9-14,22-23,31,34H,6,8,15-16H2,1-5H3,(H,32,35)(H,33,36)/t22-,23-/m0/s1. The third kappa shape index (κ3) is 8.06. The fourth-order valence-electron chi connectivity index (χ4n) is 3.70. The summed E-state index contributed by atoms with van der Waals surface area (Å²) in [6.45, 7) is 9.53. The number of rotatable bonds is 11. The Morgan fingerprint density at radius 1 is 1.03 bits per heavy atom. The van der Waals surface area contributed by atoms with Crippen LogP contribution in [0.5, 0.6) is 0 Å². The molecule has 198 valence electrons. The first-order valence-electron chi connectivity index (χ1n) is 12.0. The van der Waals surface area contributed by atoms with Crippen LogP contribution in [-0.2, 0) is 22.3 Å². The molecule has 2 aromatic carbocycles. The molecule has 2 rings (SSSR count). The quantitative estimate of drug-likeness (QED) is 0.331. The van der Waals surface area contributed by atoms with Crippen LogP contribution < -0.4 is 16.0 Å². The van der Waals surface area contributed by atoms with Crippen LogP contribution in [0.25, 0.3) is 0 Å². The average molecular weight is 508 g/mol. The highest BCUT2D eigenvalue weighted by atomic mass is 19.4. The van der Waals surface area contributed by atoms with Gasteiger partial charge in [0, 0.05) is 18.8 Å². The lowest BCUT2D eigenvalue weighted by Gasteiger charge is -2.29. The van der Waals surface area contributed by atoms with Crippen molar-refractivity contribution in [3.05, 3.63) is 64.7 Å². The number of anilines is 1. The van der Waals surface area contributed by atoms with Crippen molar-refractivity contribution >= 4 is 17.5 Å². The zero-order chi connectivity index (χ0) is 27.1. The predicted octanol–water partition coefficient (Wildman–Crippen LogP) is 4.72. The lowest BCUT2D eigenvalue weighted by atomic mass is 9.90. The molecule has 0 aliphatic rings. The summed E-state index contributed by atoms with van der Waals surface area (Å²) in [5.74, 6) is -1.40. The molecule has 0 aliphatic heterocycles. The molecule has 0 saturated heterocycles. The Hall–Kier alpha value is -2.91. The van der Waals surface area contributed by atoms with Crippen molar-refractivity contribution in [1.29, 1.82) is 0 Å². The highest BCUT2D eigenvalue weighted by Crippen LogP contribution is 2.31. The Kier molecular flexibility index (Phi) is 10.1. The molecule has 36 heavy (non-hydrogen) atoms. The van der Waals surface area contributed by atoms with Gasteiger partial charge in [0.1, 0.15) is 5.41 Å². The molecule has 2 aromatic rings. The zero-order valence-corrected chi connectivity index (χ0v) is 21.4. The summed E-state index contributed by atoms with van der Waals surface area (Å²) in [6.07, 6.45) is -4.25. The fourth-order valence-corrected chi connectivity index (χ4v) is 3.70. The number of amides is 2. The van der Waals surface area contributed by atoms with Gasteiger partial charge in [-0.3, -0.25) is 9.59 Å². The lowest BCUT2D eigenvalue weighted by molar-refractivity contribution is -0.140. The molecule has 0 unspecified atom stereocenters. The molecular weight excluding hydrogens is 471 g/mol. The van der Waals surface area contributed by atoms with Crippen molar-refractivity contribution in [3.8, 4) is 0 Å². The van der Waals surface area contributed by atoms with Crippen molar-refractivity contribution in [2.45, 2.75) is 72.3 Å². The van der Waals surface area contributed by atoms with Crippen molar-refractivity contribution in [1.82, 2.24) is 10.6 Å². The maximum Gasteiger partial charge on any atom is 0.416 e. The van der Waals surface area contributed by atoms with Gasteiger partial charge in [-0.1, -0.05) is 43.2 Å². The number of benzene rings is 2. The van der Waals surface area contributed by atoms with Crippen molar-refractivity contribution in [2.24, 2.45) is 5.41 Å². The monoisotopic (exact) mass is 507 g/mol. The summed E-state index contributed by atoms with van der Waals surface area (Å²) in [7, 11) is 0. The smallest absolute Gasteiger partial charge is 0.391 e. The SMILES string of the molecule is CCC[C@H](O)[C@H](CNCc1ccc(C)cc1C)NC(=O)C(C)(C)C(=O)Nc1cccc(C(F)(F)F)c1. The van der Waals surface area contributed by atoms with Gasteiger partial charge in [0.2, 0.25) is 11.8 Å². The number of aliphatic hydroxyl groups excluding tert-OH is 1. The minimum Gasteiger partial charge on any atom is -0.391 e. The van der Waals surface area contributed by atoms with Crippen LogP contribution in [0.2, 0.25) is 0 Å². The van der Waals surface area contributed by atoms with E-state index in [-0.39, 0.29) is 12.2 Å². The van der Waals surface area contributed by atoms with Gasteiger partial charge in [0.15, 0.2) is 0 Å². The molecule has 0 bridgehead atoms. The molecule has 0 saturated carbocycles. The Balaban J connectivity index is 2.07. The number of hydrogen-bond donors (Lipinski definition) is 4. The van der Waals surface area contributed by atoms with Crippen molar-refractivity contribution in [2.75, 3.05) is 11.9 Å². The highest BCUT2D eigenvalue weighted by Gasteiger charge is 2.38. The van der Waals surface area contributed by atoms with Crippen LogP contribution in [0.4, 0.5) is 18.9 Å². The maximum atomic E-state index is 13.1. The molecule has 6 nitrogen and oxygen atoms in total.